The molecule has 0 aromatic carbocycles. The molecule has 0 heterocycles. The van der Waals surface area contributed by atoms with E-state index in [0.29, 0.717) is 0 Å². The van der Waals surface area contributed by atoms with Crippen LogP contribution in [0.3, 0.4) is 0 Å². The van der Waals surface area contributed by atoms with Crippen LogP contribution in [-0.2, 0) is 4.79 Å². The van der Waals surface area contributed by atoms with Gasteiger partial charge in [-0.3, -0.25) is 0 Å². The fraction of sp³-hybridized carbons (Fsp3) is 0.875. The highest BCUT2D eigenvalue weighted by atomic mass is 16.1. The fourth-order valence-corrected chi connectivity index (χ4v) is 0.990. The predicted molar refractivity (Wildman–Crippen MR) is 39.4 cm³/mol. The molecule has 0 spiro atoms. The van der Waals surface area contributed by atoms with Crippen LogP contribution in [0.25, 0.3) is 0 Å². The van der Waals surface area contributed by atoms with Crippen molar-refractivity contribution in [3.8, 4) is 0 Å². The molecule has 0 rings (SSSR count). The van der Waals surface area contributed by atoms with E-state index in [9.17, 15) is 4.79 Å². The zero-order valence-corrected chi connectivity index (χ0v) is 6.39. The van der Waals surface area contributed by atoms with E-state index in [1.165, 1.54) is 12.8 Å². The van der Waals surface area contributed by atoms with Crippen LogP contribution in [-0.4, -0.2) is 6.29 Å². The van der Waals surface area contributed by atoms with E-state index in [1.54, 1.807) is 0 Å². The molecule has 1 atom stereocenters. The number of rotatable bonds is 5. The number of aldehydes is 1. The van der Waals surface area contributed by atoms with E-state index >= 15 is 0 Å². The average Bonchev–Trinajstić information content (AvgIpc) is 1.85. The third kappa shape index (κ3) is 5.54. The van der Waals surface area contributed by atoms with E-state index in [-0.39, 0.29) is 0 Å². The molecule has 0 aliphatic heterocycles. The summed E-state index contributed by atoms with van der Waals surface area (Å²) >= 11 is 0. The van der Waals surface area contributed by atoms with Gasteiger partial charge in [0.2, 0.25) is 0 Å². The van der Waals surface area contributed by atoms with Crippen molar-refractivity contribution >= 4 is 6.29 Å². The summed E-state index contributed by atoms with van der Waals surface area (Å²) in [6.07, 6.45) is 5.30. The Morgan fingerprint density at radius 2 is 2.11 bits per heavy atom. The molecule has 0 fully saturated rings. The van der Waals surface area contributed by atoms with Crippen LogP contribution in [0.5, 0.6) is 0 Å². The molecule has 0 N–H and O–H groups in total. The van der Waals surface area contributed by atoms with Gasteiger partial charge in [-0.2, -0.15) is 0 Å². The Hall–Kier alpha value is -0.330. The maximum atomic E-state index is 9.91. The smallest absolute Gasteiger partial charge is 0.120 e. The first kappa shape index (κ1) is 8.67. The normalized spacial score (nSPS) is 13.1. The molecule has 0 aromatic heterocycles. The minimum absolute atomic E-state index is 0.736. The Balaban J connectivity index is 3.04. The average molecular weight is 128 g/mol. The summed E-state index contributed by atoms with van der Waals surface area (Å²) in [7, 11) is 0. The molecular formula is C8H16O. The van der Waals surface area contributed by atoms with Gasteiger partial charge in [-0.05, 0) is 12.3 Å². The minimum atomic E-state index is 0.736. The highest BCUT2D eigenvalue weighted by molar-refractivity contribution is 5.49. The summed E-state index contributed by atoms with van der Waals surface area (Å²) in [5.74, 6) is 0.736. The largest absolute Gasteiger partial charge is 0.303 e. The Kier molecular flexibility index (Phi) is 5.59. The highest BCUT2D eigenvalue weighted by Gasteiger charge is 1.97. The van der Waals surface area contributed by atoms with Crippen molar-refractivity contribution in [2.45, 2.75) is 39.5 Å². The Labute approximate surface area is 57.5 Å². The van der Waals surface area contributed by atoms with Crippen molar-refractivity contribution in [3.63, 3.8) is 0 Å². The number of hydrogen-bond donors (Lipinski definition) is 0. The molecule has 1 nitrogen and oxygen atoms in total. The maximum Gasteiger partial charge on any atom is 0.120 e. The zero-order chi connectivity index (χ0) is 7.11. The van der Waals surface area contributed by atoms with Gasteiger partial charge < -0.3 is 4.79 Å². The molecule has 0 saturated carbocycles. The van der Waals surface area contributed by atoms with Gasteiger partial charge in [-0.15, -0.1) is 0 Å². The monoisotopic (exact) mass is 128 g/mol. The van der Waals surface area contributed by atoms with Gasteiger partial charge in [-0.1, -0.05) is 26.7 Å². The van der Waals surface area contributed by atoms with E-state index < -0.39 is 0 Å². The van der Waals surface area contributed by atoms with E-state index in [0.717, 1.165) is 25.0 Å². The summed E-state index contributed by atoms with van der Waals surface area (Å²) in [4.78, 5) is 9.91. The van der Waals surface area contributed by atoms with Crippen LogP contribution in [0.2, 0.25) is 0 Å². The van der Waals surface area contributed by atoms with Gasteiger partial charge in [0.05, 0.1) is 0 Å². The van der Waals surface area contributed by atoms with Gasteiger partial charge in [0.15, 0.2) is 0 Å². The number of hydrogen-bond acceptors (Lipinski definition) is 1. The Morgan fingerprint density at radius 3 is 2.56 bits per heavy atom. The first-order chi connectivity index (χ1) is 4.31. The second-order valence-electron chi connectivity index (χ2n) is 2.64. The number of carbonyl (C=O) groups excluding carboxylic acids is 1. The Bertz CT molecular complexity index is 69.0. The molecule has 0 aromatic rings. The second kappa shape index (κ2) is 5.80. The lowest BCUT2D eigenvalue weighted by Crippen LogP contribution is -1.93. The van der Waals surface area contributed by atoms with Gasteiger partial charge in [0.1, 0.15) is 6.29 Å². The van der Waals surface area contributed by atoms with Crippen LogP contribution in [0, 0.1) is 5.92 Å². The van der Waals surface area contributed by atoms with E-state index in [4.69, 9.17) is 0 Å². The second-order valence-corrected chi connectivity index (χ2v) is 2.64. The van der Waals surface area contributed by atoms with Crippen molar-refractivity contribution < 1.29 is 4.79 Å². The topological polar surface area (TPSA) is 17.1 Å². The molecule has 54 valence electrons. The van der Waals surface area contributed by atoms with E-state index in [2.05, 4.69) is 13.8 Å². The Morgan fingerprint density at radius 1 is 1.44 bits per heavy atom. The van der Waals surface area contributed by atoms with Crippen LogP contribution in [0.4, 0.5) is 0 Å². The molecule has 1 heteroatoms. The SMILES string of the molecule is CCC[C@H](C)CCC=O. The highest BCUT2D eigenvalue weighted by Crippen LogP contribution is 2.10. The number of carbonyl (C=O) groups is 1. The summed E-state index contributed by atoms with van der Waals surface area (Å²) in [5, 5.41) is 0. The van der Waals surface area contributed by atoms with Crippen molar-refractivity contribution in [3.05, 3.63) is 0 Å². The third-order valence-electron chi connectivity index (χ3n) is 1.56. The standard InChI is InChI=1S/C8H16O/c1-3-5-8(2)6-4-7-9/h7-8H,3-6H2,1-2H3/t8-/m0/s1. The quantitative estimate of drug-likeness (QED) is 0.519. The summed E-state index contributed by atoms with van der Waals surface area (Å²) in [6, 6.07) is 0. The molecular weight excluding hydrogens is 112 g/mol. The summed E-state index contributed by atoms with van der Waals surface area (Å²) in [5.41, 5.74) is 0. The van der Waals surface area contributed by atoms with Crippen LogP contribution >= 0.6 is 0 Å². The van der Waals surface area contributed by atoms with Crippen molar-refractivity contribution in [2.75, 3.05) is 0 Å². The molecule has 0 amide bonds. The lowest BCUT2D eigenvalue weighted by molar-refractivity contribution is -0.108. The fourth-order valence-electron chi connectivity index (χ4n) is 0.990. The minimum Gasteiger partial charge on any atom is -0.303 e. The van der Waals surface area contributed by atoms with Gasteiger partial charge >= 0.3 is 0 Å². The lowest BCUT2D eigenvalue weighted by Gasteiger charge is -2.05. The maximum absolute atomic E-state index is 9.91. The van der Waals surface area contributed by atoms with Crippen molar-refractivity contribution in [2.24, 2.45) is 5.92 Å². The summed E-state index contributed by atoms with van der Waals surface area (Å²) in [6.45, 7) is 4.38. The van der Waals surface area contributed by atoms with Crippen LogP contribution in [0.15, 0.2) is 0 Å². The van der Waals surface area contributed by atoms with E-state index in [1.807, 2.05) is 0 Å². The molecule has 0 unspecified atom stereocenters. The van der Waals surface area contributed by atoms with Gasteiger partial charge in [0, 0.05) is 6.42 Å². The van der Waals surface area contributed by atoms with Gasteiger partial charge in [-0.25, -0.2) is 0 Å². The molecule has 0 aliphatic carbocycles. The molecule has 0 saturated heterocycles. The molecule has 9 heavy (non-hydrogen) atoms. The first-order valence-electron chi connectivity index (χ1n) is 3.74. The molecule has 0 bridgehead atoms. The van der Waals surface area contributed by atoms with Gasteiger partial charge in [0.25, 0.3) is 0 Å². The van der Waals surface area contributed by atoms with Crippen LogP contribution in [0.1, 0.15) is 39.5 Å². The zero-order valence-electron chi connectivity index (χ0n) is 6.39. The third-order valence-corrected chi connectivity index (χ3v) is 1.56. The first-order valence-corrected chi connectivity index (χ1v) is 3.74. The van der Waals surface area contributed by atoms with Crippen molar-refractivity contribution in [1.82, 2.24) is 0 Å². The predicted octanol–water partition coefficient (Wildman–Crippen LogP) is 2.40. The van der Waals surface area contributed by atoms with Crippen molar-refractivity contribution in [1.29, 1.82) is 0 Å². The lowest BCUT2D eigenvalue weighted by atomic mass is 10.0. The molecule has 0 radical (unpaired) electrons. The summed E-state index contributed by atoms with van der Waals surface area (Å²) < 4.78 is 0. The van der Waals surface area contributed by atoms with Crippen LogP contribution < -0.4 is 0 Å². The molecule has 0 aliphatic rings.